The fraction of sp³-hybridized carbons (Fsp3) is 0.385. The van der Waals surface area contributed by atoms with Gasteiger partial charge in [0.05, 0.1) is 0 Å². The Kier molecular flexibility index (Phi) is 3.75. The molecule has 1 radical (unpaired) electrons. The van der Waals surface area contributed by atoms with E-state index in [1.807, 2.05) is 0 Å². The highest BCUT2D eigenvalue weighted by Gasteiger charge is 1.97. The van der Waals surface area contributed by atoms with E-state index in [4.69, 9.17) is 0 Å². The van der Waals surface area contributed by atoms with Crippen LogP contribution in [0.4, 0.5) is 0 Å². The molecule has 1 aromatic carbocycles. The standard InChI is InChI=1S/C13H17/c1-4-7-13-9-11(5-2)8-12(6-3)10-13/h8-10H,2,4,6-7H2,1,3H3. The average Bonchev–Trinajstić information content (AvgIpc) is 2.17. The molecule has 1 rings (SSSR count). The van der Waals surface area contributed by atoms with Crippen molar-refractivity contribution in [3.63, 3.8) is 0 Å². The van der Waals surface area contributed by atoms with Gasteiger partial charge in [0.15, 0.2) is 0 Å². The van der Waals surface area contributed by atoms with Gasteiger partial charge in [0.1, 0.15) is 0 Å². The third kappa shape index (κ3) is 2.73. The molecule has 0 saturated heterocycles. The molecule has 0 spiro atoms. The molecule has 0 heterocycles. The smallest absolute Gasteiger partial charge is 0.0178 e. The fourth-order valence-electron chi connectivity index (χ4n) is 1.50. The van der Waals surface area contributed by atoms with Gasteiger partial charge in [0.2, 0.25) is 0 Å². The normalized spacial score (nSPS) is 10.0. The van der Waals surface area contributed by atoms with Crippen LogP contribution >= 0.6 is 0 Å². The predicted octanol–water partition coefficient (Wildman–Crippen LogP) is 3.54. The van der Waals surface area contributed by atoms with Crippen LogP contribution in [0.5, 0.6) is 0 Å². The Morgan fingerprint density at radius 2 is 1.85 bits per heavy atom. The molecule has 0 aliphatic rings. The van der Waals surface area contributed by atoms with Crippen LogP contribution in [0.3, 0.4) is 0 Å². The van der Waals surface area contributed by atoms with E-state index >= 15 is 0 Å². The molecule has 0 aliphatic carbocycles. The topological polar surface area (TPSA) is 0 Å². The second kappa shape index (κ2) is 4.86. The first kappa shape index (κ1) is 10.0. The van der Waals surface area contributed by atoms with E-state index in [1.54, 1.807) is 0 Å². The van der Waals surface area contributed by atoms with Gasteiger partial charge in [0, 0.05) is 0 Å². The van der Waals surface area contributed by atoms with Crippen molar-refractivity contribution < 1.29 is 0 Å². The summed E-state index contributed by atoms with van der Waals surface area (Å²) in [6.07, 6.45) is 6.39. The zero-order chi connectivity index (χ0) is 9.68. The largest absolute Gasteiger partial charge is 0.0906 e. The van der Waals surface area contributed by atoms with Crippen LogP contribution < -0.4 is 0 Å². The molecule has 1 aromatic rings. The lowest BCUT2D eigenvalue weighted by Crippen LogP contribution is -1.89. The summed E-state index contributed by atoms with van der Waals surface area (Å²) in [6, 6.07) is 6.62. The lowest BCUT2D eigenvalue weighted by atomic mass is 10.0. The molecule has 0 bridgehead atoms. The molecular formula is C13H17. The van der Waals surface area contributed by atoms with Crippen LogP contribution in [0, 0.1) is 6.08 Å². The molecule has 0 N–H and O–H groups in total. The first-order valence-electron chi connectivity index (χ1n) is 4.96. The van der Waals surface area contributed by atoms with Crippen molar-refractivity contribution in [3.05, 3.63) is 47.5 Å². The lowest BCUT2D eigenvalue weighted by molar-refractivity contribution is 0.916. The summed E-state index contributed by atoms with van der Waals surface area (Å²) >= 11 is 0. The fourth-order valence-corrected chi connectivity index (χ4v) is 1.50. The Balaban J connectivity index is 2.99. The minimum Gasteiger partial charge on any atom is -0.0906 e. The van der Waals surface area contributed by atoms with Crippen LogP contribution in [0.25, 0.3) is 0 Å². The van der Waals surface area contributed by atoms with E-state index in [1.165, 1.54) is 17.5 Å². The third-order valence-electron chi connectivity index (χ3n) is 2.20. The Bertz CT molecular complexity index is 284. The second-order valence-electron chi connectivity index (χ2n) is 3.32. The van der Waals surface area contributed by atoms with Crippen molar-refractivity contribution in [3.8, 4) is 0 Å². The molecule has 0 aliphatic heterocycles. The van der Waals surface area contributed by atoms with Gasteiger partial charge in [-0.1, -0.05) is 45.0 Å². The van der Waals surface area contributed by atoms with Crippen molar-refractivity contribution >= 4 is 0 Å². The summed E-state index contributed by atoms with van der Waals surface area (Å²) in [5, 5.41) is 0. The summed E-state index contributed by atoms with van der Waals surface area (Å²) in [4.78, 5) is 0. The van der Waals surface area contributed by atoms with Crippen molar-refractivity contribution in [2.45, 2.75) is 33.1 Å². The summed E-state index contributed by atoms with van der Waals surface area (Å²) in [7, 11) is 0. The molecule has 0 amide bonds. The number of hydrogen-bond donors (Lipinski definition) is 0. The molecule has 0 saturated carbocycles. The van der Waals surface area contributed by atoms with Crippen molar-refractivity contribution in [2.75, 3.05) is 0 Å². The molecule has 0 fully saturated rings. The van der Waals surface area contributed by atoms with Crippen molar-refractivity contribution in [2.24, 2.45) is 0 Å². The van der Waals surface area contributed by atoms with E-state index in [0.717, 1.165) is 18.4 Å². The molecule has 0 heteroatoms. The van der Waals surface area contributed by atoms with Gasteiger partial charge in [0.25, 0.3) is 0 Å². The van der Waals surface area contributed by atoms with Gasteiger partial charge < -0.3 is 0 Å². The minimum absolute atomic E-state index is 1.09. The molecule has 0 atom stereocenters. The van der Waals surface area contributed by atoms with E-state index < -0.39 is 0 Å². The number of benzene rings is 1. The first-order valence-corrected chi connectivity index (χ1v) is 4.96. The molecular weight excluding hydrogens is 156 g/mol. The first-order chi connectivity index (χ1) is 6.30. The summed E-state index contributed by atoms with van der Waals surface area (Å²) in [6.45, 7) is 8.07. The van der Waals surface area contributed by atoms with Crippen LogP contribution in [-0.4, -0.2) is 0 Å². The average molecular weight is 173 g/mol. The molecule has 13 heavy (non-hydrogen) atoms. The number of rotatable bonds is 4. The Labute approximate surface area is 81.3 Å². The van der Waals surface area contributed by atoms with Crippen LogP contribution in [-0.2, 0) is 12.8 Å². The minimum atomic E-state index is 1.09. The van der Waals surface area contributed by atoms with Crippen LogP contribution in [0.1, 0.15) is 37.0 Å². The second-order valence-corrected chi connectivity index (χ2v) is 3.32. The van der Waals surface area contributed by atoms with Crippen LogP contribution in [0.15, 0.2) is 24.8 Å². The van der Waals surface area contributed by atoms with Crippen molar-refractivity contribution in [1.29, 1.82) is 0 Å². The maximum absolute atomic E-state index is 3.68. The van der Waals surface area contributed by atoms with E-state index in [0.29, 0.717) is 0 Å². The number of hydrogen-bond acceptors (Lipinski definition) is 0. The Morgan fingerprint density at radius 1 is 1.15 bits per heavy atom. The third-order valence-corrected chi connectivity index (χ3v) is 2.20. The van der Waals surface area contributed by atoms with Gasteiger partial charge in [-0.3, -0.25) is 0 Å². The zero-order valence-corrected chi connectivity index (χ0v) is 8.56. The Morgan fingerprint density at radius 3 is 2.38 bits per heavy atom. The highest BCUT2D eigenvalue weighted by atomic mass is 14.0. The van der Waals surface area contributed by atoms with Crippen molar-refractivity contribution in [1.82, 2.24) is 0 Å². The quantitative estimate of drug-likeness (QED) is 0.653. The van der Waals surface area contributed by atoms with Gasteiger partial charge in [-0.05, 0) is 35.6 Å². The summed E-state index contributed by atoms with van der Waals surface area (Å²) in [5.41, 5.74) is 3.92. The van der Waals surface area contributed by atoms with Gasteiger partial charge in [-0.15, -0.1) is 0 Å². The van der Waals surface area contributed by atoms with Gasteiger partial charge in [-0.25, -0.2) is 0 Å². The maximum atomic E-state index is 3.68. The van der Waals surface area contributed by atoms with Gasteiger partial charge in [-0.2, -0.15) is 0 Å². The summed E-state index contributed by atoms with van der Waals surface area (Å²) < 4.78 is 0. The maximum Gasteiger partial charge on any atom is -0.0178 e. The van der Waals surface area contributed by atoms with E-state index in [9.17, 15) is 0 Å². The molecule has 0 aromatic heterocycles. The Hall–Kier alpha value is -1.04. The molecule has 69 valence electrons. The highest BCUT2D eigenvalue weighted by Crippen LogP contribution is 2.12. The van der Waals surface area contributed by atoms with Gasteiger partial charge >= 0.3 is 0 Å². The predicted molar refractivity (Wildman–Crippen MR) is 57.8 cm³/mol. The number of aryl methyl sites for hydroxylation is 2. The highest BCUT2D eigenvalue weighted by molar-refractivity contribution is 5.33. The van der Waals surface area contributed by atoms with Crippen LogP contribution in [0.2, 0.25) is 0 Å². The van der Waals surface area contributed by atoms with E-state index in [2.05, 4.69) is 44.7 Å². The summed E-state index contributed by atoms with van der Waals surface area (Å²) in [5.74, 6) is 0. The lowest BCUT2D eigenvalue weighted by Gasteiger charge is -2.04. The zero-order valence-electron chi connectivity index (χ0n) is 8.56. The SMILES string of the molecule is C=[C]c1cc(CC)cc(CCC)c1. The molecule has 0 unspecified atom stereocenters. The molecule has 0 nitrogen and oxygen atoms in total. The van der Waals surface area contributed by atoms with E-state index in [-0.39, 0.29) is 0 Å². The monoisotopic (exact) mass is 173 g/mol.